The van der Waals surface area contributed by atoms with E-state index in [-0.39, 0.29) is 23.3 Å². The van der Waals surface area contributed by atoms with Crippen molar-refractivity contribution in [3.63, 3.8) is 0 Å². The van der Waals surface area contributed by atoms with Crippen LogP contribution in [0.2, 0.25) is 10.0 Å². The lowest BCUT2D eigenvalue weighted by Gasteiger charge is -2.28. The highest BCUT2D eigenvalue weighted by Gasteiger charge is 2.40. The number of hydrogen-bond donors (Lipinski definition) is 1. The number of hydrogen-bond acceptors (Lipinski definition) is 3. The van der Waals surface area contributed by atoms with Crippen LogP contribution in [0.25, 0.3) is 0 Å². The number of nitrogens with zero attached hydrogens (tertiary/aromatic N) is 2. The van der Waals surface area contributed by atoms with Crippen molar-refractivity contribution in [3.8, 4) is 0 Å². The molecule has 1 unspecified atom stereocenters. The summed E-state index contributed by atoms with van der Waals surface area (Å²) in [6.07, 6.45) is 3.51. The molecule has 2 aliphatic rings. The number of anilines is 1. The number of imide groups is 1. The summed E-state index contributed by atoms with van der Waals surface area (Å²) >= 11 is 12.0. The Labute approximate surface area is 151 Å². The van der Waals surface area contributed by atoms with E-state index < -0.39 is 12.1 Å². The highest BCUT2D eigenvalue weighted by molar-refractivity contribution is 6.38. The number of carbonyl (C=O) groups is 2. The minimum atomic E-state index is -0.516. The second kappa shape index (κ2) is 7.71. The molecule has 126 valence electrons. The molecule has 5 nitrogen and oxygen atoms in total. The fourth-order valence-corrected chi connectivity index (χ4v) is 3.44. The predicted molar refractivity (Wildman–Crippen MR) is 93.8 cm³/mol. The maximum Gasteiger partial charge on any atom is 0.329 e. The van der Waals surface area contributed by atoms with Crippen LogP contribution in [-0.2, 0) is 4.79 Å². The van der Waals surface area contributed by atoms with E-state index in [1.807, 2.05) is 0 Å². The lowest BCUT2D eigenvalue weighted by Crippen LogP contribution is -2.44. The second-order valence-electron chi connectivity index (χ2n) is 5.63. The van der Waals surface area contributed by atoms with E-state index in [2.05, 4.69) is 10.2 Å². The average molecular weight is 379 g/mol. The van der Waals surface area contributed by atoms with Crippen LogP contribution < -0.4 is 10.2 Å². The van der Waals surface area contributed by atoms with Gasteiger partial charge in [-0.3, -0.25) is 4.79 Å². The molecule has 1 N–H and O–H groups in total. The first kappa shape index (κ1) is 18.3. The van der Waals surface area contributed by atoms with E-state index in [0.29, 0.717) is 17.3 Å². The van der Waals surface area contributed by atoms with Gasteiger partial charge in [-0.15, -0.1) is 12.4 Å². The monoisotopic (exact) mass is 377 g/mol. The Morgan fingerprint density at radius 2 is 1.83 bits per heavy atom. The molecule has 2 saturated heterocycles. The molecule has 8 heteroatoms. The van der Waals surface area contributed by atoms with Crippen LogP contribution >= 0.6 is 35.6 Å². The fourth-order valence-electron chi connectivity index (χ4n) is 2.95. The highest BCUT2D eigenvalue weighted by Crippen LogP contribution is 2.31. The molecule has 0 radical (unpaired) electrons. The van der Waals surface area contributed by atoms with E-state index in [1.54, 1.807) is 12.1 Å². The fraction of sp³-hybridized carbons (Fsp3) is 0.467. The first-order chi connectivity index (χ1) is 10.6. The van der Waals surface area contributed by atoms with Crippen molar-refractivity contribution in [1.82, 2.24) is 10.2 Å². The summed E-state index contributed by atoms with van der Waals surface area (Å²) < 4.78 is 0. The lowest BCUT2D eigenvalue weighted by molar-refractivity contribution is -0.118. The zero-order valence-corrected chi connectivity index (χ0v) is 14.8. The van der Waals surface area contributed by atoms with Crippen molar-refractivity contribution in [1.29, 1.82) is 0 Å². The van der Waals surface area contributed by atoms with Crippen LogP contribution in [0.3, 0.4) is 0 Å². The van der Waals surface area contributed by atoms with E-state index in [9.17, 15) is 9.59 Å². The van der Waals surface area contributed by atoms with Gasteiger partial charge < -0.3 is 10.2 Å². The number of amides is 3. The molecule has 3 amide bonds. The molecule has 0 aliphatic carbocycles. The Morgan fingerprint density at radius 1 is 1.13 bits per heavy atom. The summed E-state index contributed by atoms with van der Waals surface area (Å²) in [5.74, 6) is -0.264. The van der Waals surface area contributed by atoms with Crippen molar-refractivity contribution < 1.29 is 9.59 Å². The summed E-state index contributed by atoms with van der Waals surface area (Å²) in [7, 11) is 0. The number of urea groups is 1. The predicted octanol–water partition coefficient (Wildman–Crippen LogP) is 3.33. The number of carbonyl (C=O) groups excluding carboxylic acids is 2. The first-order valence-electron chi connectivity index (χ1n) is 7.38. The Kier molecular flexibility index (Phi) is 6.14. The van der Waals surface area contributed by atoms with Gasteiger partial charge in [0.15, 0.2) is 0 Å². The van der Waals surface area contributed by atoms with Crippen LogP contribution in [0.1, 0.15) is 19.3 Å². The third-order valence-corrected chi connectivity index (χ3v) is 4.60. The van der Waals surface area contributed by atoms with Crippen LogP contribution in [0.5, 0.6) is 0 Å². The number of halogens is 3. The lowest BCUT2D eigenvalue weighted by atomic mass is 10.1. The van der Waals surface area contributed by atoms with Crippen molar-refractivity contribution >= 4 is 53.2 Å². The average Bonchev–Trinajstić information content (AvgIpc) is 2.75. The molecule has 0 saturated carbocycles. The smallest absolute Gasteiger partial charge is 0.324 e. The molecule has 0 spiro atoms. The second-order valence-corrected chi connectivity index (χ2v) is 6.48. The Hall–Kier alpha value is -1.01. The maximum atomic E-state index is 12.6. The number of piperidine rings is 1. The van der Waals surface area contributed by atoms with Gasteiger partial charge in [-0.05, 0) is 44.1 Å². The minimum absolute atomic E-state index is 0. The topological polar surface area (TPSA) is 52.7 Å². The zero-order chi connectivity index (χ0) is 15.7. The Balaban J connectivity index is 0.00000192. The number of nitrogens with one attached hydrogen (secondary N) is 1. The molecule has 23 heavy (non-hydrogen) atoms. The van der Waals surface area contributed by atoms with Gasteiger partial charge in [0.2, 0.25) is 0 Å². The number of benzene rings is 1. The standard InChI is InChI=1S/C15H17Cl2N3O2.ClH/c16-10-4-5-13(11(17)8-10)20-14(21)12(18-15(20)22)9-19-6-2-1-3-7-19;/h4-5,8,12H,1-3,6-7,9H2,(H,18,22);1H. The van der Waals surface area contributed by atoms with Crippen molar-refractivity contribution in [2.75, 3.05) is 24.5 Å². The van der Waals surface area contributed by atoms with Gasteiger partial charge in [-0.1, -0.05) is 29.6 Å². The molecule has 2 fully saturated rings. The summed E-state index contributed by atoms with van der Waals surface area (Å²) in [6, 6.07) is 3.78. The van der Waals surface area contributed by atoms with Crippen molar-refractivity contribution in [2.24, 2.45) is 0 Å². The number of likely N-dealkylation sites (tertiary alicyclic amines) is 1. The van der Waals surface area contributed by atoms with Gasteiger partial charge in [0, 0.05) is 11.6 Å². The molecule has 1 aromatic rings. The normalized spacial score (nSPS) is 22.0. The van der Waals surface area contributed by atoms with E-state index in [4.69, 9.17) is 23.2 Å². The quantitative estimate of drug-likeness (QED) is 0.821. The van der Waals surface area contributed by atoms with Gasteiger partial charge in [0.05, 0.1) is 10.7 Å². The van der Waals surface area contributed by atoms with E-state index in [0.717, 1.165) is 30.8 Å². The summed E-state index contributed by atoms with van der Waals surface area (Å²) in [5, 5.41) is 3.50. The first-order valence-corrected chi connectivity index (χ1v) is 8.14. The third-order valence-electron chi connectivity index (χ3n) is 4.06. The van der Waals surface area contributed by atoms with E-state index >= 15 is 0 Å². The third kappa shape index (κ3) is 3.91. The van der Waals surface area contributed by atoms with Crippen LogP contribution in [0.4, 0.5) is 10.5 Å². The Bertz CT molecular complexity index is 606. The van der Waals surface area contributed by atoms with Gasteiger partial charge in [0.1, 0.15) is 6.04 Å². The van der Waals surface area contributed by atoms with Crippen LogP contribution in [0.15, 0.2) is 18.2 Å². The minimum Gasteiger partial charge on any atom is -0.324 e. The molecule has 0 aromatic heterocycles. The van der Waals surface area contributed by atoms with Gasteiger partial charge >= 0.3 is 6.03 Å². The number of rotatable bonds is 3. The molecule has 2 heterocycles. The van der Waals surface area contributed by atoms with Crippen molar-refractivity contribution in [3.05, 3.63) is 28.2 Å². The van der Waals surface area contributed by atoms with Crippen molar-refractivity contribution in [2.45, 2.75) is 25.3 Å². The van der Waals surface area contributed by atoms with Gasteiger partial charge in [0.25, 0.3) is 5.91 Å². The van der Waals surface area contributed by atoms with E-state index in [1.165, 1.54) is 12.5 Å². The molecule has 2 aliphatic heterocycles. The highest BCUT2D eigenvalue weighted by atomic mass is 35.5. The molecular weight excluding hydrogens is 361 g/mol. The molecule has 1 aromatic carbocycles. The van der Waals surface area contributed by atoms with Gasteiger partial charge in [-0.2, -0.15) is 0 Å². The Morgan fingerprint density at radius 3 is 2.48 bits per heavy atom. The van der Waals surface area contributed by atoms with Gasteiger partial charge in [-0.25, -0.2) is 9.69 Å². The molecule has 3 rings (SSSR count). The van der Waals surface area contributed by atoms with Crippen LogP contribution in [-0.4, -0.2) is 42.5 Å². The SMILES string of the molecule is Cl.O=C1NC(CN2CCCCC2)C(=O)N1c1ccc(Cl)cc1Cl. The summed E-state index contributed by atoms with van der Waals surface area (Å²) in [6.45, 7) is 2.50. The molecular formula is C15H18Cl3N3O2. The molecule has 1 atom stereocenters. The largest absolute Gasteiger partial charge is 0.329 e. The van der Waals surface area contributed by atoms with Crippen LogP contribution in [0, 0.1) is 0 Å². The summed E-state index contributed by atoms with van der Waals surface area (Å²) in [5.41, 5.74) is 0.370. The summed E-state index contributed by atoms with van der Waals surface area (Å²) in [4.78, 5) is 28.0. The molecule has 0 bridgehead atoms. The maximum absolute atomic E-state index is 12.6. The zero-order valence-electron chi connectivity index (χ0n) is 12.4.